The lowest BCUT2D eigenvalue weighted by atomic mass is 10.3. The average Bonchev–Trinajstić information content (AvgIpc) is 2.43. The number of carbonyl (C=O) groups excluding carboxylic acids is 1. The average molecular weight is 172 g/mol. The van der Waals surface area contributed by atoms with E-state index in [0.29, 0.717) is 19.7 Å². The smallest absolute Gasteiger partial charge is 0.237 e. The minimum absolute atomic E-state index is 0.180. The first-order valence-corrected chi connectivity index (χ1v) is 4.31. The van der Waals surface area contributed by atoms with Crippen molar-refractivity contribution in [3.63, 3.8) is 0 Å². The van der Waals surface area contributed by atoms with E-state index in [2.05, 4.69) is 12.2 Å². The maximum atomic E-state index is 11.3. The molecule has 1 N–H and O–H groups in total. The van der Waals surface area contributed by atoms with Gasteiger partial charge in [0.15, 0.2) is 0 Å². The third kappa shape index (κ3) is 1.95. The molecule has 0 aromatic rings. The summed E-state index contributed by atoms with van der Waals surface area (Å²) < 4.78 is 4.92. The van der Waals surface area contributed by atoms with E-state index in [0.717, 1.165) is 6.42 Å². The molecule has 0 aromatic carbocycles. The Bertz CT molecular complexity index is 161. The fraction of sp³-hybridized carbons (Fsp3) is 0.875. The predicted molar refractivity (Wildman–Crippen MR) is 45.7 cm³/mol. The van der Waals surface area contributed by atoms with Gasteiger partial charge in [-0.05, 0) is 6.42 Å². The Morgan fingerprint density at radius 1 is 1.75 bits per heavy atom. The molecule has 0 aromatic heterocycles. The first-order chi connectivity index (χ1) is 5.79. The number of nitrogens with one attached hydrogen (secondary N) is 1. The minimum Gasteiger partial charge on any atom is -0.383 e. The van der Waals surface area contributed by atoms with Gasteiger partial charge in [-0.3, -0.25) is 10.1 Å². The molecule has 1 rings (SSSR count). The van der Waals surface area contributed by atoms with Crippen LogP contribution in [0.1, 0.15) is 13.3 Å². The van der Waals surface area contributed by atoms with Crippen LogP contribution < -0.4 is 5.32 Å². The van der Waals surface area contributed by atoms with Crippen LogP contribution in [-0.2, 0) is 9.53 Å². The molecule has 1 aliphatic rings. The van der Waals surface area contributed by atoms with Crippen molar-refractivity contribution in [2.75, 3.05) is 26.8 Å². The second-order valence-electron chi connectivity index (χ2n) is 2.88. The zero-order chi connectivity index (χ0) is 8.97. The fourth-order valence-electron chi connectivity index (χ4n) is 1.43. The lowest BCUT2D eigenvalue weighted by Gasteiger charge is -2.22. The molecule has 1 fully saturated rings. The van der Waals surface area contributed by atoms with Crippen molar-refractivity contribution in [3.05, 3.63) is 0 Å². The van der Waals surface area contributed by atoms with Crippen LogP contribution in [0.4, 0.5) is 0 Å². The van der Waals surface area contributed by atoms with Gasteiger partial charge in [0, 0.05) is 13.7 Å². The Labute approximate surface area is 72.9 Å². The van der Waals surface area contributed by atoms with E-state index in [1.54, 1.807) is 7.11 Å². The van der Waals surface area contributed by atoms with E-state index in [-0.39, 0.29) is 12.1 Å². The molecule has 1 heterocycles. The Kier molecular flexibility index (Phi) is 3.49. The van der Waals surface area contributed by atoms with Crippen molar-refractivity contribution in [3.8, 4) is 0 Å². The molecule has 70 valence electrons. The van der Waals surface area contributed by atoms with Gasteiger partial charge in [0.05, 0.1) is 19.3 Å². The molecule has 4 heteroatoms. The third-order valence-corrected chi connectivity index (χ3v) is 2.11. The highest BCUT2D eigenvalue weighted by Crippen LogP contribution is 2.07. The zero-order valence-electron chi connectivity index (χ0n) is 7.67. The summed E-state index contributed by atoms with van der Waals surface area (Å²) in [6.07, 6.45) is 1.17. The Balaban J connectivity index is 2.40. The number of rotatable bonds is 4. The van der Waals surface area contributed by atoms with Crippen LogP contribution in [0.5, 0.6) is 0 Å². The molecule has 1 amide bonds. The molecule has 1 aliphatic heterocycles. The summed E-state index contributed by atoms with van der Waals surface area (Å²) in [5.74, 6) is 0.180. The van der Waals surface area contributed by atoms with E-state index in [9.17, 15) is 4.79 Å². The van der Waals surface area contributed by atoms with E-state index in [4.69, 9.17) is 4.74 Å². The first kappa shape index (κ1) is 9.48. The summed E-state index contributed by atoms with van der Waals surface area (Å²) >= 11 is 0. The summed E-state index contributed by atoms with van der Waals surface area (Å²) in [6.45, 7) is 3.85. The van der Waals surface area contributed by atoms with Crippen molar-refractivity contribution < 1.29 is 9.53 Å². The highest BCUT2D eigenvalue weighted by atomic mass is 16.5. The largest absolute Gasteiger partial charge is 0.383 e. The number of methoxy groups -OCH3 is 1. The van der Waals surface area contributed by atoms with Crippen LogP contribution in [0.2, 0.25) is 0 Å². The van der Waals surface area contributed by atoms with Gasteiger partial charge in [0.2, 0.25) is 5.91 Å². The summed E-state index contributed by atoms with van der Waals surface area (Å²) in [4.78, 5) is 13.1. The van der Waals surface area contributed by atoms with Crippen molar-refractivity contribution >= 4 is 5.91 Å². The van der Waals surface area contributed by atoms with Gasteiger partial charge in [0.1, 0.15) is 0 Å². The molecule has 0 radical (unpaired) electrons. The van der Waals surface area contributed by atoms with Gasteiger partial charge < -0.3 is 9.64 Å². The highest BCUT2D eigenvalue weighted by molar-refractivity contribution is 5.80. The van der Waals surface area contributed by atoms with E-state index in [1.807, 2.05) is 4.90 Å². The number of nitrogens with zero attached hydrogens (tertiary/aromatic N) is 1. The maximum absolute atomic E-state index is 11.3. The van der Waals surface area contributed by atoms with Crippen LogP contribution in [0, 0.1) is 0 Å². The number of ether oxygens (including phenoxy) is 1. The lowest BCUT2D eigenvalue weighted by Crippen LogP contribution is -2.38. The van der Waals surface area contributed by atoms with Gasteiger partial charge >= 0.3 is 0 Å². The van der Waals surface area contributed by atoms with E-state index < -0.39 is 0 Å². The summed E-state index contributed by atoms with van der Waals surface area (Å²) in [7, 11) is 1.65. The van der Waals surface area contributed by atoms with Crippen LogP contribution in [0.15, 0.2) is 0 Å². The predicted octanol–water partition coefficient (Wildman–Crippen LogP) is -0.199. The highest BCUT2D eigenvalue weighted by Gasteiger charge is 2.27. The summed E-state index contributed by atoms with van der Waals surface area (Å²) in [5.41, 5.74) is 0. The van der Waals surface area contributed by atoms with Crippen molar-refractivity contribution in [1.82, 2.24) is 10.2 Å². The monoisotopic (exact) mass is 172 g/mol. The van der Waals surface area contributed by atoms with Crippen molar-refractivity contribution in [2.45, 2.75) is 19.5 Å². The second-order valence-corrected chi connectivity index (χ2v) is 2.88. The third-order valence-electron chi connectivity index (χ3n) is 2.11. The summed E-state index contributed by atoms with van der Waals surface area (Å²) in [6, 6.07) is 0. The lowest BCUT2D eigenvalue weighted by molar-refractivity contribution is -0.128. The maximum Gasteiger partial charge on any atom is 0.237 e. The van der Waals surface area contributed by atoms with Gasteiger partial charge in [-0.15, -0.1) is 0 Å². The molecular weight excluding hydrogens is 156 g/mol. The second kappa shape index (κ2) is 4.42. The van der Waals surface area contributed by atoms with Crippen LogP contribution >= 0.6 is 0 Å². The number of carbonyl (C=O) groups is 1. The Morgan fingerprint density at radius 3 is 3.08 bits per heavy atom. The topological polar surface area (TPSA) is 41.6 Å². The molecule has 4 nitrogen and oxygen atoms in total. The molecule has 0 aliphatic carbocycles. The molecule has 0 saturated carbocycles. The molecule has 12 heavy (non-hydrogen) atoms. The van der Waals surface area contributed by atoms with E-state index in [1.165, 1.54) is 0 Å². The number of amides is 1. The molecule has 1 saturated heterocycles. The van der Waals surface area contributed by atoms with Gasteiger partial charge in [0.25, 0.3) is 0 Å². The molecule has 1 unspecified atom stereocenters. The zero-order valence-corrected chi connectivity index (χ0v) is 7.67. The first-order valence-electron chi connectivity index (χ1n) is 4.31. The van der Waals surface area contributed by atoms with Gasteiger partial charge in [-0.25, -0.2) is 0 Å². The van der Waals surface area contributed by atoms with Crippen LogP contribution in [-0.4, -0.2) is 43.8 Å². The summed E-state index contributed by atoms with van der Waals surface area (Å²) in [5, 5.41) is 3.14. The Morgan fingerprint density at radius 2 is 2.50 bits per heavy atom. The molecular formula is C8H16N2O2. The standard InChI is InChI=1S/C8H16N2O2/c1-3-7-9-6-8(11)10(7)4-5-12-2/h7,9H,3-6H2,1-2H3. The van der Waals surface area contributed by atoms with Crippen molar-refractivity contribution in [1.29, 1.82) is 0 Å². The van der Waals surface area contributed by atoms with Crippen LogP contribution in [0.25, 0.3) is 0 Å². The minimum atomic E-state index is 0.180. The fourth-order valence-corrected chi connectivity index (χ4v) is 1.43. The van der Waals surface area contributed by atoms with Crippen LogP contribution in [0.3, 0.4) is 0 Å². The molecule has 1 atom stereocenters. The Hall–Kier alpha value is -0.610. The van der Waals surface area contributed by atoms with Crippen molar-refractivity contribution in [2.24, 2.45) is 0 Å². The normalized spacial score (nSPS) is 23.7. The molecule has 0 bridgehead atoms. The number of hydrogen-bond acceptors (Lipinski definition) is 3. The quantitative estimate of drug-likeness (QED) is 0.638. The van der Waals surface area contributed by atoms with E-state index >= 15 is 0 Å². The SMILES string of the molecule is CCC1NCC(=O)N1CCOC. The number of hydrogen-bond donors (Lipinski definition) is 1. The van der Waals surface area contributed by atoms with Gasteiger partial charge in [-0.1, -0.05) is 6.92 Å². The molecule has 0 spiro atoms. The van der Waals surface area contributed by atoms with Gasteiger partial charge in [-0.2, -0.15) is 0 Å².